The number of hydrogen-bond donors (Lipinski definition) is 0. The zero-order valence-electron chi connectivity index (χ0n) is 9.85. The highest BCUT2D eigenvalue weighted by molar-refractivity contribution is 5.88. The molecule has 3 heteroatoms. The third kappa shape index (κ3) is 2.88. The van der Waals surface area contributed by atoms with Gasteiger partial charge in [-0.25, -0.2) is 0 Å². The largest absolute Gasteiger partial charge is 0.384 e. The Bertz CT molecular complexity index is 517. The molecular weight excluding hydrogens is 214 g/mol. The fourth-order valence-corrected chi connectivity index (χ4v) is 1.83. The number of aromatic nitrogens is 1. The van der Waals surface area contributed by atoms with Crippen LogP contribution in [-0.2, 0) is 16.0 Å². The van der Waals surface area contributed by atoms with Crippen LogP contribution in [0.15, 0.2) is 36.5 Å². The summed E-state index contributed by atoms with van der Waals surface area (Å²) in [7, 11) is 1.61. The molecule has 0 aliphatic rings. The van der Waals surface area contributed by atoms with E-state index >= 15 is 0 Å². The van der Waals surface area contributed by atoms with Gasteiger partial charge in [-0.1, -0.05) is 18.2 Å². The molecule has 17 heavy (non-hydrogen) atoms. The van der Waals surface area contributed by atoms with Gasteiger partial charge in [-0.3, -0.25) is 9.78 Å². The Balaban J connectivity index is 2.21. The SMILES string of the molecule is COCCC(=O)Cc1ccnc2ccccc12. The minimum Gasteiger partial charge on any atom is -0.384 e. The third-order valence-electron chi connectivity index (χ3n) is 2.71. The molecule has 0 saturated carbocycles. The van der Waals surface area contributed by atoms with Gasteiger partial charge in [0.25, 0.3) is 0 Å². The van der Waals surface area contributed by atoms with Gasteiger partial charge in [-0.15, -0.1) is 0 Å². The predicted molar refractivity (Wildman–Crippen MR) is 66.9 cm³/mol. The van der Waals surface area contributed by atoms with Crippen molar-refractivity contribution in [1.82, 2.24) is 4.98 Å². The number of ketones is 1. The summed E-state index contributed by atoms with van der Waals surface area (Å²) in [6, 6.07) is 9.78. The number of pyridine rings is 1. The first-order valence-corrected chi connectivity index (χ1v) is 5.64. The van der Waals surface area contributed by atoms with Gasteiger partial charge < -0.3 is 4.74 Å². The van der Waals surface area contributed by atoms with Crippen LogP contribution in [-0.4, -0.2) is 24.5 Å². The molecule has 2 rings (SSSR count). The van der Waals surface area contributed by atoms with Crippen LogP contribution in [0.2, 0.25) is 0 Å². The predicted octanol–water partition coefficient (Wildman–Crippen LogP) is 2.38. The lowest BCUT2D eigenvalue weighted by molar-refractivity contribution is -0.119. The van der Waals surface area contributed by atoms with E-state index in [1.54, 1.807) is 13.3 Å². The summed E-state index contributed by atoms with van der Waals surface area (Å²) in [5.74, 6) is 0.197. The molecule has 0 aliphatic carbocycles. The molecule has 88 valence electrons. The average Bonchev–Trinajstić information content (AvgIpc) is 2.37. The van der Waals surface area contributed by atoms with E-state index in [0.29, 0.717) is 19.4 Å². The van der Waals surface area contributed by atoms with Crippen LogP contribution < -0.4 is 0 Å². The molecular formula is C14H15NO2. The summed E-state index contributed by atoms with van der Waals surface area (Å²) in [6.45, 7) is 0.488. The lowest BCUT2D eigenvalue weighted by atomic mass is 10.0. The van der Waals surface area contributed by atoms with Crippen molar-refractivity contribution in [2.45, 2.75) is 12.8 Å². The van der Waals surface area contributed by atoms with E-state index < -0.39 is 0 Å². The second-order valence-corrected chi connectivity index (χ2v) is 3.95. The molecule has 0 spiro atoms. The first kappa shape index (κ1) is 11.7. The monoisotopic (exact) mass is 229 g/mol. The summed E-state index contributed by atoms with van der Waals surface area (Å²) < 4.78 is 4.90. The van der Waals surface area contributed by atoms with Crippen molar-refractivity contribution in [3.63, 3.8) is 0 Å². The average molecular weight is 229 g/mol. The van der Waals surface area contributed by atoms with Crippen LogP contribution in [0.5, 0.6) is 0 Å². The molecule has 0 aliphatic heterocycles. The van der Waals surface area contributed by atoms with Crippen molar-refractivity contribution in [1.29, 1.82) is 0 Å². The van der Waals surface area contributed by atoms with Crippen molar-refractivity contribution in [3.05, 3.63) is 42.1 Å². The van der Waals surface area contributed by atoms with E-state index in [9.17, 15) is 4.79 Å². The van der Waals surface area contributed by atoms with Gasteiger partial charge in [0.2, 0.25) is 0 Å². The molecule has 0 saturated heterocycles. The summed E-state index contributed by atoms with van der Waals surface area (Å²) in [5.41, 5.74) is 1.97. The van der Waals surface area contributed by atoms with E-state index in [0.717, 1.165) is 16.5 Å². The molecule has 0 bridgehead atoms. The zero-order valence-corrected chi connectivity index (χ0v) is 9.85. The van der Waals surface area contributed by atoms with Crippen LogP contribution in [0.25, 0.3) is 10.9 Å². The lowest BCUT2D eigenvalue weighted by Crippen LogP contribution is -2.06. The van der Waals surface area contributed by atoms with Gasteiger partial charge in [-0.05, 0) is 17.7 Å². The van der Waals surface area contributed by atoms with Crippen LogP contribution in [0.1, 0.15) is 12.0 Å². The molecule has 3 nitrogen and oxygen atoms in total. The number of rotatable bonds is 5. The second kappa shape index (κ2) is 5.55. The van der Waals surface area contributed by atoms with E-state index in [-0.39, 0.29) is 5.78 Å². The smallest absolute Gasteiger partial charge is 0.139 e. The molecule has 0 fully saturated rings. The third-order valence-corrected chi connectivity index (χ3v) is 2.71. The molecule has 0 atom stereocenters. The van der Waals surface area contributed by atoms with Crippen molar-refractivity contribution < 1.29 is 9.53 Å². The molecule has 1 aromatic carbocycles. The number of carbonyl (C=O) groups is 1. The maximum Gasteiger partial charge on any atom is 0.139 e. The quantitative estimate of drug-likeness (QED) is 0.790. The topological polar surface area (TPSA) is 39.2 Å². The number of para-hydroxylation sites is 1. The highest BCUT2D eigenvalue weighted by Crippen LogP contribution is 2.17. The maximum absolute atomic E-state index is 11.7. The molecule has 1 aromatic heterocycles. The Morgan fingerprint density at radius 3 is 2.94 bits per heavy atom. The second-order valence-electron chi connectivity index (χ2n) is 3.95. The highest BCUT2D eigenvalue weighted by Gasteiger charge is 2.07. The van der Waals surface area contributed by atoms with Crippen molar-refractivity contribution >= 4 is 16.7 Å². The van der Waals surface area contributed by atoms with Gasteiger partial charge >= 0.3 is 0 Å². The van der Waals surface area contributed by atoms with E-state index in [2.05, 4.69) is 4.98 Å². The Labute approximate surface area is 100 Å². The fraction of sp³-hybridized carbons (Fsp3) is 0.286. The first-order valence-electron chi connectivity index (χ1n) is 5.64. The van der Waals surface area contributed by atoms with Gasteiger partial charge in [-0.2, -0.15) is 0 Å². The number of hydrogen-bond acceptors (Lipinski definition) is 3. The molecule has 0 amide bonds. The van der Waals surface area contributed by atoms with Crippen molar-refractivity contribution in [3.8, 4) is 0 Å². The minimum absolute atomic E-state index is 0.197. The summed E-state index contributed by atoms with van der Waals surface area (Å²) in [5, 5.41) is 1.06. The number of methoxy groups -OCH3 is 1. The lowest BCUT2D eigenvalue weighted by Gasteiger charge is -2.05. The highest BCUT2D eigenvalue weighted by atomic mass is 16.5. The summed E-state index contributed by atoms with van der Waals surface area (Å²) >= 11 is 0. The standard InChI is InChI=1S/C14H15NO2/c1-17-9-7-12(16)10-11-6-8-15-14-5-3-2-4-13(11)14/h2-6,8H,7,9-10H2,1H3. The molecule has 0 radical (unpaired) electrons. The molecule has 1 heterocycles. The minimum atomic E-state index is 0.197. The number of fused-ring (bicyclic) bond motifs is 1. The van der Waals surface area contributed by atoms with E-state index in [4.69, 9.17) is 4.74 Å². The van der Waals surface area contributed by atoms with Crippen LogP contribution in [0.4, 0.5) is 0 Å². The molecule has 0 unspecified atom stereocenters. The molecule has 0 N–H and O–H groups in total. The Morgan fingerprint density at radius 1 is 1.29 bits per heavy atom. The fourth-order valence-electron chi connectivity index (χ4n) is 1.83. The maximum atomic E-state index is 11.7. The van der Waals surface area contributed by atoms with Crippen molar-refractivity contribution in [2.75, 3.05) is 13.7 Å². The normalized spacial score (nSPS) is 10.6. The van der Waals surface area contributed by atoms with Gasteiger partial charge in [0.1, 0.15) is 5.78 Å². The van der Waals surface area contributed by atoms with Crippen LogP contribution in [0.3, 0.4) is 0 Å². The number of benzene rings is 1. The first-order chi connectivity index (χ1) is 8.31. The van der Waals surface area contributed by atoms with Gasteiger partial charge in [0.15, 0.2) is 0 Å². The van der Waals surface area contributed by atoms with E-state index in [1.807, 2.05) is 30.3 Å². The zero-order chi connectivity index (χ0) is 12.1. The van der Waals surface area contributed by atoms with Crippen molar-refractivity contribution in [2.24, 2.45) is 0 Å². The number of Topliss-reactive ketones (excluding diaryl/α,β-unsaturated/α-hetero) is 1. The van der Waals surface area contributed by atoms with Gasteiger partial charge in [0.05, 0.1) is 12.1 Å². The summed E-state index contributed by atoms with van der Waals surface area (Å²) in [6.07, 6.45) is 2.67. The summed E-state index contributed by atoms with van der Waals surface area (Å²) in [4.78, 5) is 16.0. The Hall–Kier alpha value is -1.74. The number of ether oxygens (including phenoxy) is 1. The van der Waals surface area contributed by atoms with E-state index in [1.165, 1.54) is 0 Å². The van der Waals surface area contributed by atoms with Crippen LogP contribution in [0, 0.1) is 0 Å². The Kier molecular flexibility index (Phi) is 3.83. The van der Waals surface area contributed by atoms with Crippen LogP contribution >= 0.6 is 0 Å². The number of nitrogens with zero attached hydrogens (tertiary/aromatic N) is 1. The molecule has 2 aromatic rings. The van der Waals surface area contributed by atoms with Gasteiger partial charge in [0, 0.05) is 31.5 Å². The Morgan fingerprint density at radius 2 is 2.12 bits per heavy atom. The number of carbonyl (C=O) groups excluding carboxylic acids is 1.